The summed E-state index contributed by atoms with van der Waals surface area (Å²) < 4.78 is 9.87. The minimum atomic E-state index is -0.243. The lowest BCUT2D eigenvalue weighted by Crippen LogP contribution is -2.60. The molecule has 2 aliphatic heterocycles. The van der Waals surface area contributed by atoms with Crippen molar-refractivity contribution < 1.29 is 4.42 Å². The Morgan fingerprint density at radius 1 is 0.451 bits per heavy atom. The molecule has 0 bridgehead atoms. The molecule has 71 heavy (non-hydrogen) atoms. The van der Waals surface area contributed by atoms with Gasteiger partial charge in [0.1, 0.15) is 11.2 Å². The minimum Gasteiger partial charge on any atom is -0.455 e. The molecular weight excluding hydrogens is 860 g/mol. The Balaban J connectivity index is 1.16. The monoisotopic (exact) mass is 908 g/mol. The smallest absolute Gasteiger partial charge is 0.333 e. The summed E-state index contributed by atoms with van der Waals surface area (Å²) >= 11 is 0. The average molecular weight is 909 g/mol. The van der Waals surface area contributed by atoms with Gasteiger partial charge in [0.2, 0.25) is 0 Å². The maximum atomic E-state index is 7.26. The molecule has 336 valence electrons. The molecule has 0 amide bonds. The fourth-order valence-electron chi connectivity index (χ4n) is 12.9. The van der Waals surface area contributed by atoms with E-state index in [-0.39, 0.29) is 17.7 Å². The summed E-state index contributed by atoms with van der Waals surface area (Å²) in [7, 11) is 0. The van der Waals surface area contributed by atoms with Gasteiger partial charge in [-0.2, -0.15) is 0 Å². The Bertz CT molecular complexity index is 4230. The van der Waals surface area contributed by atoms with Crippen LogP contribution in [0.25, 0.3) is 105 Å². The van der Waals surface area contributed by atoms with Gasteiger partial charge in [0.05, 0.1) is 11.0 Å². The van der Waals surface area contributed by atoms with Crippen LogP contribution in [0, 0.1) is 0 Å². The Hall–Kier alpha value is -8.34. The van der Waals surface area contributed by atoms with Crippen LogP contribution in [-0.2, 0) is 10.8 Å². The van der Waals surface area contributed by atoms with E-state index in [1.807, 2.05) is 0 Å². The topological polar surface area (TPSA) is 21.3 Å². The predicted octanol–water partition coefficient (Wildman–Crippen LogP) is 16.5. The first-order valence-corrected chi connectivity index (χ1v) is 25.1. The van der Waals surface area contributed by atoms with E-state index in [0.717, 1.165) is 21.9 Å². The number of aromatic nitrogens is 1. The van der Waals surface area contributed by atoms with Gasteiger partial charge >= 0.3 is 6.85 Å². The summed E-state index contributed by atoms with van der Waals surface area (Å²) in [5, 5.41) is 4.76. The molecule has 0 atom stereocenters. The van der Waals surface area contributed by atoms with E-state index in [2.05, 4.69) is 250 Å². The van der Waals surface area contributed by atoms with Gasteiger partial charge in [-0.05, 0) is 127 Å². The molecule has 2 aromatic heterocycles. The largest absolute Gasteiger partial charge is 0.455 e. The zero-order chi connectivity index (χ0) is 47.5. The van der Waals surface area contributed by atoms with Crippen LogP contribution < -0.4 is 15.7 Å². The number of benzene rings is 10. The van der Waals surface area contributed by atoms with E-state index in [0.29, 0.717) is 0 Å². The van der Waals surface area contributed by atoms with E-state index < -0.39 is 0 Å². The van der Waals surface area contributed by atoms with Crippen LogP contribution in [0.3, 0.4) is 0 Å². The highest BCUT2D eigenvalue weighted by atomic mass is 16.3. The summed E-state index contributed by atoms with van der Waals surface area (Å²) in [5.74, 6) is 0. The third kappa shape index (κ3) is 5.62. The van der Waals surface area contributed by atoms with Crippen molar-refractivity contribution in [1.82, 2.24) is 4.57 Å². The first-order chi connectivity index (χ1) is 34.6. The Labute approximate surface area is 414 Å². The van der Waals surface area contributed by atoms with Crippen LogP contribution in [0.15, 0.2) is 211 Å². The van der Waals surface area contributed by atoms with Crippen molar-refractivity contribution in [3.8, 4) is 61.3 Å². The van der Waals surface area contributed by atoms with E-state index in [1.54, 1.807) is 0 Å². The zero-order valence-electron chi connectivity index (χ0n) is 40.5. The lowest BCUT2D eigenvalue weighted by Gasteiger charge is -2.43. The quantitative estimate of drug-likeness (QED) is 0.164. The van der Waals surface area contributed by atoms with E-state index in [9.17, 15) is 0 Å². The highest BCUT2D eigenvalue weighted by Gasteiger charge is 2.48. The second kappa shape index (κ2) is 14.4. The highest BCUT2D eigenvalue weighted by Crippen LogP contribution is 2.56. The van der Waals surface area contributed by atoms with E-state index in [1.165, 1.54) is 122 Å². The maximum Gasteiger partial charge on any atom is 0.333 e. The molecule has 4 heterocycles. The normalized spacial score (nSPS) is 14.0. The molecule has 0 unspecified atom stereocenters. The number of fused-ring (bicyclic) bond motifs is 14. The standard InChI is InChI=1S/C67H49BN2O/c1-66(2,3)45-30-32-58(48(36-45)42-23-13-8-14-24-42)70-59-38-49-46-25-15-17-27-54(46)67(4,5)55(49)37-53(59)62-63-60(39-52-47-26-16-18-28-61(47)71-65(52)62)69-57-31-29-43(40-19-9-6-10-20-40)33-50(57)51-34-44(41-21-11-7-12-22-41)35-56(64(51)69)68(63)70/h6-39H,1-5H3. The summed E-state index contributed by atoms with van der Waals surface area (Å²) in [6.07, 6.45) is 0. The third-order valence-electron chi connectivity index (χ3n) is 16.3. The molecule has 1 aliphatic carbocycles. The average Bonchev–Trinajstić information content (AvgIpc) is 4.02. The van der Waals surface area contributed by atoms with Crippen molar-refractivity contribution in [2.24, 2.45) is 0 Å². The van der Waals surface area contributed by atoms with Crippen molar-refractivity contribution in [1.29, 1.82) is 0 Å². The zero-order valence-corrected chi connectivity index (χ0v) is 40.5. The van der Waals surface area contributed by atoms with Gasteiger partial charge < -0.3 is 13.8 Å². The molecule has 0 N–H and O–H groups in total. The van der Waals surface area contributed by atoms with Gasteiger partial charge in [-0.15, -0.1) is 0 Å². The number of furan rings is 1. The van der Waals surface area contributed by atoms with Crippen LogP contribution in [0.5, 0.6) is 0 Å². The number of para-hydroxylation sites is 1. The molecule has 3 aliphatic rings. The molecule has 4 heteroatoms. The van der Waals surface area contributed by atoms with Crippen LogP contribution in [0.4, 0.5) is 11.4 Å². The Morgan fingerprint density at radius 2 is 1.13 bits per heavy atom. The fourth-order valence-corrected chi connectivity index (χ4v) is 12.9. The van der Waals surface area contributed by atoms with Crippen LogP contribution >= 0.6 is 0 Å². The summed E-state index contributed by atoms with van der Waals surface area (Å²) in [5.41, 5.74) is 26.3. The van der Waals surface area contributed by atoms with E-state index in [4.69, 9.17) is 4.42 Å². The van der Waals surface area contributed by atoms with Gasteiger partial charge in [-0.1, -0.05) is 186 Å². The van der Waals surface area contributed by atoms with Crippen molar-refractivity contribution in [3.63, 3.8) is 0 Å². The molecule has 12 aromatic rings. The second-order valence-electron chi connectivity index (χ2n) is 21.6. The number of hydrogen-bond donors (Lipinski definition) is 0. The number of nitrogens with zero attached hydrogens (tertiary/aromatic N) is 2. The van der Waals surface area contributed by atoms with Gasteiger partial charge in [-0.25, -0.2) is 0 Å². The van der Waals surface area contributed by atoms with Gasteiger partial charge in [0.25, 0.3) is 0 Å². The molecule has 0 fully saturated rings. The lowest BCUT2D eigenvalue weighted by molar-refractivity contribution is 0.590. The van der Waals surface area contributed by atoms with Gasteiger partial charge in [-0.3, -0.25) is 0 Å². The summed E-state index contributed by atoms with van der Waals surface area (Å²) in [4.78, 5) is 2.73. The Kier molecular flexibility index (Phi) is 8.21. The molecule has 15 rings (SSSR count). The lowest BCUT2D eigenvalue weighted by atomic mass is 9.43. The number of rotatable bonds is 4. The van der Waals surface area contributed by atoms with E-state index >= 15 is 0 Å². The second-order valence-corrected chi connectivity index (χ2v) is 21.6. The van der Waals surface area contributed by atoms with Crippen molar-refractivity contribution >= 4 is 72.9 Å². The van der Waals surface area contributed by atoms with Crippen LogP contribution in [0.2, 0.25) is 0 Å². The van der Waals surface area contributed by atoms with Crippen LogP contribution in [-0.4, -0.2) is 11.4 Å². The Morgan fingerprint density at radius 3 is 1.89 bits per heavy atom. The van der Waals surface area contributed by atoms with Gasteiger partial charge in [0.15, 0.2) is 0 Å². The summed E-state index contributed by atoms with van der Waals surface area (Å²) in [6, 6.07) is 77.5. The molecular formula is C67H49BN2O. The fraction of sp³-hybridized carbons (Fsp3) is 0.104. The highest BCUT2D eigenvalue weighted by molar-refractivity contribution is 6.94. The first kappa shape index (κ1) is 40.5. The minimum absolute atomic E-state index is 0.0643. The molecule has 0 saturated heterocycles. The van der Waals surface area contributed by atoms with Gasteiger partial charge in [0, 0.05) is 60.7 Å². The predicted molar refractivity (Wildman–Crippen MR) is 300 cm³/mol. The number of hydrogen-bond acceptors (Lipinski definition) is 2. The van der Waals surface area contributed by atoms with Crippen molar-refractivity contribution in [2.45, 2.75) is 45.4 Å². The maximum absolute atomic E-state index is 7.26. The molecule has 0 saturated carbocycles. The van der Waals surface area contributed by atoms with Crippen LogP contribution in [0.1, 0.15) is 51.3 Å². The number of anilines is 2. The van der Waals surface area contributed by atoms with Crippen molar-refractivity contribution in [3.05, 3.63) is 223 Å². The third-order valence-corrected chi connectivity index (χ3v) is 16.3. The summed E-state index contributed by atoms with van der Waals surface area (Å²) in [6.45, 7) is 11.5. The molecule has 10 aromatic carbocycles. The SMILES string of the molecule is CC(C)(C)c1ccc(N2B3c4c(cc5c(oc6ccccc65)c4-c4cc5c(cc42)-c2ccccc2C5(C)C)-n2c4ccc(-c5ccccc5)cc4c4cc(-c5ccccc5)cc3c42)c(-c2ccccc2)c1. The first-order valence-electron chi connectivity index (χ1n) is 25.1. The van der Waals surface area contributed by atoms with Crippen molar-refractivity contribution in [2.75, 3.05) is 4.81 Å². The molecule has 3 nitrogen and oxygen atoms in total. The molecule has 0 spiro atoms. The molecule has 0 radical (unpaired) electrons.